The summed E-state index contributed by atoms with van der Waals surface area (Å²) >= 11 is 0. The third-order valence-corrected chi connectivity index (χ3v) is 4.57. The standard InChI is InChI=1S/C16H20N2O2S/c1-11-7-9-13(10-8-11)12(2)18-14-5-4-6-15(16(14)17)21(3,19)20/h4-10,12,18H,17H2,1-3H3. The summed E-state index contributed by atoms with van der Waals surface area (Å²) in [6, 6.07) is 13.2. The van der Waals surface area contributed by atoms with Crippen LogP contribution < -0.4 is 11.1 Å². The first kappa shape index (κ1) is 15.4. The second kappa shape index (κ2) is 5.77. The summed E-state index contributed by atoms with van der Waals surface area (Å²) in [5, 5.41) is 3.27. The molecule has 112 valence electrons. The Labute approximate surface area is 125 Å². The zero-order valence-electron chi connectivity index (χ0n) is 12.4. The molecule has 0 saturated heterocycles. The van der Waals surface area contributed by atoms with Gasteiger partial charge in [-0.15, -0.1) is 0 Å². The van der Waals surface area contributed by atoms with Gasteiger partial charge in [0.05, 0.1) is 16.3 Å². The van der Waals surface area contributed by atoms with Crippen molar-refractivity contribution in [2.45, 2.75) is 24.8 Å². The van der Waals surface area contributed by atoms with E-state index in [0.29, 0.717) is 5.69 Å². The van der Waals surface area contributed by atoms with E-state index in [4.69, 9.17) is 5.73 Å². The van der Waals surface area contributed by atoms with Crippen LogP contribution in [0.3, 0.4) is 0 Å². The topological polar surface area (TPSA) is 72.2 Å². The fourth-order valence-electron chi connectivity index (χ4n) is 2.16. The molecule has 0 aliphatic carbocycles. The van der Waals surface area contributed by atoms with E-state index in [1.807, 2.05) is 38.1 Å². The molecule has 0 radical (unpaired) electrons. The molecule has 0 amide bonds. The Balaban J connectivity index is 2.30. The van der Waals surface area contributed by atoms with E-state index in [-0.39, 0.29) is 16.6 Å². The van der Waals surface area contributed by atoms with Gasteiger partial charge < -0.3 is 11.1 Å². The fourth-order valence-corrected chi connectivity index (χ4v) is 3.00. The lowest BCUT2D eigenvalue weighted by Gasteiger charge is -2.18. The summed E-state index contributed by atoms with van der Waals surface area (Å²) in [5.41, 5.74) is 9.19. The van der Waals surface area contributed by atoms with Gasteiger partial charge in [0.2, 0.25) is 0 Å². The molecule has 4 nitrogen and oxygen atoms in total. The van der Waals surface area contributed by atoms with E-state index in [9.17, 15) is 8.42 Å². The number of nitrogens with two attached hydrogens (primary N) is 1. The van der Waals surface area contributed by atoms with Crippen LogP contribution in [0.25, 0.3) is 0 Å². The smallest absolute Gasteiger partial charge is 0.177 e. The van der Waals surface area contributed by atoms with Gasteiger partial charge in [-0.25, -0.2) is 8.42 Å². The zero-order valence-corrected chi connectivity index (χ0v) is 13.2. The number of nitrogens with one attached hydrogen (secondary N) is 1. The molecular formula is C16H20N2O2S. The molecule has 0 aliphatic heterocycles. The zero-order chi connectivity index (χ0) is 15.6. The quantitative estimate of drug-likeness (QED) is 0.851. The van der Waals surface area contributed by atoms with Crippen LogP contribution in [-0.2, 0) is 9.84 Å². The van der Waals surface area contributed by atoms with Gasteiger partial charge in [0.1, 0.15) is 0 Å². The van der Waals surface area contributed by atoms with Crippen LogP contribution in [0.5, 0.6) is 0 Å². The number of para-hydroxylation sites is 1. The molecule has 0 heterocycles. The van der Waals surface area contributed by atoms with Gasteiger partial charge in [0.15, 0.2) is 9.84 Å². The van der Waals surface area contributed by atoms with E-state index < -0.39 is 9.84 Å². The molecule has 0 aliphatic rings. The van der Waals surface area contributed by atoms with E-state index in [1.165, 1.54) is 11.6 Å². The van der Waals surface area contributed by atoms with Crippen molar-refractivity contribution in [2.75, 3.05) is 17.3 Å². The Morgan fingerprint density at radius 3 is 2.29 bits per heavy atom. The minimum Gasteiger partial charge on any atom is -0.396 e. The van der Waals surface area contributed by atoms with Gasteiger partial charge in [-0.2, -0.15) is 0 Å². The molecule has 0 saturated carbocycles. The van der Waals surface area contributed by atoms with Gasteiger partial charge in [0, 0.05) is 12.3 Å². The van der Waals surface area contributed by atoms with Gasteiger partial charge >= 0.3 is 0 Å². The number of hydrogen-bond acceptors (Lipinski definition) is 4. The Morgan fingerprint density at radius 2 is 1.71 bits per heavy atom. The largest absolute Gasteiger partial charge is 0.396 e. The van der Waals surface area contributed by atoms with E-state index >= 15 is 0 Å². The molecule has 2 rings (SSSR count). The Morgan fingerprint density at radius 1 is 1.10 bits per heavy atom. The van der Waals surface area contributed by atoms with Crippen molar-refractivity contribution in [3.8, 4) is 0 Å². The summed E-state index contributed by atoms with van der Waals surface area (Å²) in [6.45, 7) is 4.05. The molecule has 5 heteroatoms. The molecule has 1 atom stereocenters. The maximum atomic E-state index is 11.7. The number of aryl methyl sites for hydroxylation is 1. The van der Waals surface area contributed by atoms with Crippen LogP contribution in [0.15, 0.2) is 47.4 Å². The number of benzene rings is 2. The molecule has 0 fully saturated rings. The predicted molar refractivity (Wildman–Crippen MR) is 87.2 cm³/mol. The third-order valence-electron chi connectivity index (χ3n) is 3.41. The molecule has 2 aromatic carbocycles. The molecule has 0 spiro atoms. The fraction of sp³-hybridized carbons (Fsp3) is 0.250. The highest BCUT2D eigenvalue weighted by Gasteiger charge is 2.15. The maximum Gasteiger partial charge on any atom is 0.177 e. The third kappa shape index (κ3) is 3.55. The number of nitrogen functional groups attached to an aromatic ring is 1. The first-order valence-electron chi connectivity index (χ1n) is 6.70. The van der Waals surface area contributed by atoms with E-state index in [2.05, 4.69) is 5.32 Å². The molecule has 0 aromatic heterocycles. The van der Waals surface area contributed by atoms with Gasteiger partial charge in [-0.3, -0.25) is 0 Å². The van der Waals surface area contributed by atoms with E-state index in [0.717, 1.165) is 11.8 Å². The summed E-state index contributed by atoms with van der Waals surface area (Å²) < 4.78 is 23.4. The molecule has 2 aromatic rings. The highest BCUT2D eigenvalue weighted by Crippen LogP contribution is 2.29. The van der Waals surface area contributed by atoms with Gasteiger partial charge in [-0.1, -0.05) is 35.9 Å². The number of hydrogen-bond donors (Lipinski definition) is 2. The van der Waals surface area contributed by atoms with Crippen molar-refractivity contribution in [3.05, 3.63) is 53.6 Å². The highest BCUT2D eigenvalue weighted by molar-refractivity contribution is 7.90. The number of sulfone groups is 1. The first-order chi connectivity index (χ1) is 9.79. The second-order valence-corrected chi connectivity index (χ2v) is 7.25. The van der Waals surface area contributed by atoms with Crippen LogP contribution in [0, 0.1) is 6.92 Å². The molecule has 21 heavy (non-hydrogen) atoms. The van der Waals surface area contributed by atoms with Crippen LogP contribution in [0.2, 0.25) is 0 Å². The van der Waals surface area contributed by atoms with Crippen LogP contribution >= 0.6 is 0 Å². The van der Waals surface area contributed by atoms with Crippen molar-refractivity contribution >= 4 is 21.2 Å². The molecule has 3 N–H and O–H groups in total. The lowest BCUT2D eigenvalue weighted by atomic mass is 10.1. The summed E-state index contributed by atoms with van der Waals surface area (Å²) in [7, 11) is -3.33. The maximum absolute atomic E-state index is 11.7. The Hall–Kier alpha value is -2.01. The Bertz CT molecular complexity index is 737. The SMILES string of the molecule is Cc1ccc(C(C)Nc2cccc(S(C)(=O)=O)c2N)cc1. The monoisotopic (exact) mass is 304 g/mol. The van der Waals surface area contributed by atoms with Gasteiger partial charge in [0.25, 0.3) is 0 Å². The van der Waals surface area contributed by atoms with Crippen molar-refractivity contribution in [3.63, 3.8) is 0 Å². The summed E-state index contributed by atoms with van der Waals surface area (Å²) in [4.78, 5) is 0.156. The highest BCUT2D eigenvalue weighted by atomic mass is 32.2. The van der Waals surface area contributed by atoms with Crippen molar-refractivity contribution < 1.29 is 8.42 Å². The van der Waals surface area contributed by atoms with Crippen molar-refractivity contribution in [1.29, 1.82) is 0 Å². The lowest BCUT2D eigenvalue weighted by Crippen LogP contribution is -2.11. The number of rotatable bonds is 4. The van der Waals surface area contributed by atoms with E-state index in [1.54, 1.807) is 12.1 Å². The van der Waals surface area contributed by atoms with Crippen molar-refractivity contribution in [1.82, 2.24) is 0 Å². The molecule has 1 unspecified atom stereocenters. The molecular weight excluding hydrogens is 284 g/mol. The Kier molecular flexibility index (Phi) is 4.23. The normalized spacial score (nSPS) is 12.9. The average Bonchev–Trinajstić information content (AvgIpc) is 2.40. The lowest BCUT2D eigenvalue weighted by molar-refractivity contribution is 0.602. The summed E-state index contributed by atoms with van der Waals surface area (Å²) in [6.07, 6.45) is 1.16. The minimum absolute atomic E-state index is 0.0303. The van der Waals surface area contributed by atoms with Crippen LogP contribution in [0.4, 0.5) is 11.4 Å². The molecule has 0 bridgehead atoms. The second-order valence-electron chi connectivity index (χ2n) is 5.27. The average molecular weight is 304 g/mol. The van der Waals surface area contributed by atoms with Crippen LogP contribution in [-0.4, -0.2) is 14.7 Å². The predicted octanol–water partition coefficient (Wildman–Crippen LogP) is 3.15. The number of anilines is 2. The first-order valence-corrected chi connectivity index (χ1v) is 8.60. The summed E-state index contributed by atoms with van der Waals surface area (Å²) in [5.74, 6) is 0. The van der Waals surface area contributed by atoms with Gasteiger partial charge in [-0.05, 0) is 31.5 Å². The minimum atomic E-state index is -3.33. The van der Waals surface area contributed by atoms with Crippen LogP contribution in [0.1, 0.15) is 24.1 Å². The van der Waals surface area contributed by atoms with Crippen molar-refractivity contribution in [2.24, 2.45) is 0 Å².